The van der Waals surface area contributed by atoms with Crippen molar-refractivity contribution in [2.45, 2.75) is 44.9 Å². The Morgan fingerprint density at radius 3 is 2.73 bits per heavy atom. The second kappa shape index (κ2) is 9.07. The van der Waals surface area contributed by atoms with E-state index in [1.54, 1.807) is 32.0 Å². The smallest absolute Gasteiger partial charge is 0.249 e. The van der Waals surface area contributed by atoms with Gasteiger partial charge in [0.25, 0.3) is 0 Å². The number of hydrogen-bond acceptors (Lipinski definition) is 6. The van der Waals surface area contributed by atoms with Crippen LogP contribution in [-0.4, -0.2) is 49.8 Å². The highest BCUT2D eigenvalue weighted by Crippen LogP contribution is 2.35. The van der Waals surface area contributed by atoms with Crippen molar-refractivity contribution in [3.63, 3.8) is 0 Å². The molecule has 1 aromatic carbocycles. The lowest BCUT2D eigenvalue weighted by Gasteiger charge is -2.12. The number of hydrogen-bond donors (Lipinski definition) is 2. The third-order valence-electron chi connectivity index (χ3n) is 4.85. The van der Waals surface area contributed by atoms with E-state index in [4.69, 9.17) is 4.74 Å². The van der Waals surface area contributed by atoms with Crippen LogP contribution in [0.4, 0.5) is 5.82 Å². The molecule has 10 heteroatoms. The number of amides is 1. The van der Waals surface area contributed by atoms with Crippen LogP contribution in [0.25, 0.3) is 11.1 Å². The number of rotatable bonds is 8. The topological polar surface area (TPSA) is 119 Å². The third kappa shape index (κ3) is 4.61. The van der Waals surface area contributed by atoms with Crippen molar-refractivity contribution in [1.82, 2.24) is 14.5 Å². The second-order valence-corrected chi connectivity index (χ2v) is 8.83. The normalized spacial score (nSPS) is 14.4. The van der Waals surface area contributed by atoms with E-state index in [1.165, 1.54) is 4.68 Å². The van der Waals surface area contributed by atoms with E-state index in [9.17, 15) is 18.0 Å². The minimum Gasteiger partial charge on any atom is -0.382 e. The molecule has 1 aromatic heterocycles. The van der Waals surface area contributed by atoms with E-state index in [-0.39, 0.29) is 41.9 Å². The quantitative estimate of drug-likeness (QED) is 0.615. The number of benzene rings is 1. The number of nitrogens with one attached hydrogen (secondary N) is 2. The van der Waals surface area contributed by atoms with Gasteiger partial charge in [0.05, 0.1) is 10.6 Å². The lowest BCUT2D eigenvalue weighted by atomic mass is 10.0. The van der Waals surface area contributed by atoms with E-state index < -0.39 is 10.0 Å². The number of aromatic nitrogens is 2. The molecule has 0 radical (unpaired) electrons. The predicted molar refractivity (Wildman–Crippen MR) is 112 cm³/mol. The molecule has 0 unspecified atom stereocenters. The molecule has 2 aromatic rings. The largest absolute Gasteiger partial charge is 0.382 e. The molecule has 0 saturated carbocycles. The van der Waals surface area contributed by atoms with E-state index >= 15 is 0 Å². The molecule has 162 valence electrons. The van der Waals surface area contributed by atoms with Gasteiger partial charge in [-0.15, -0.1) is 0 Å². The van der Waals surface area contributed by atoms with Crippen molar-refractivity contribution in [3.8, 4) is 11.1 Å². The fourth-order valence-electron chi connectivity index (χ4n) is 3.34. The zero-order chi connectivity index (χ0) is 21.9. The van der Waals surface area contributed by atoms with Crippen LogP contribution >= 0.6 is 0 Å². The number of ether oxygens (including phenoxy) is 1. The van der Waals surface area contributed by atoms with Crippen molar-refractivity contribution in [2.75, 3.05) is 25.1 Å². The summed E-state index contributed by atoms with van der Waals surface area (Å²) in [5.41, 5.74) is 2.21. The molecule has 0 bridgehead atoms. The van der Waals surface area contributed by atoms with Crippen molar-refractivity contribution in [2.24, 2.45) is 0 Å². The highest BCUT2D eigenvalue weighted by molar-refractivity contribution is 7.89. The molecule has 0 fully saturated rings. The number of fused-ring (bicyclic) bond motifs is 1. The van der Waals surface area contributed by atoms with E-state index in [0.717, 1.165) is 0 Å². The van der Waals surface area contributed by atoms with Crippen LogP contribution in [0, 0.1) is 13.8 Å². The molecule has 30 heavy (non-hydrogen) atoms. The Morgan fingerprint density at radius 2 is 2.00 bits per heavy atom. The standard InChI is InChI=1S/C20H26N4O5S/c1-4-29-11-5-10-21-30(27,28)16-12-15(7-6-13(16)2)19-14(3)23-24-18(26)9-8-17(25)22-20(19)24/h6-7,12,21H,4-5,8-11H2,1-3H3,(H,22,25). The van der Waals surface area contributed by atoms with Crippen molar-refractivity contribution in [1.29, 1.82) is 0 Å². The van der Waals surface area contributed by atoms with Gasteiger partial charge in [0.1, 0.15) is 5.82 Å². The summed E-state index contributed by atoms with van der Waals surface area (Å²) in [7, 11) is -3.74. The molecule has 1 amide bonds. The maximum Gasteiger partial charge on any atom is 0.249 e. The van der Waals surface area contributed by atoms with Crippen LogP contribution in [0.5, 0.6) is 0 Å². The Labute approximate surface area is 175 Å². The van der Waals surface area contributed by atoms with Gasteiger partial charge in [-0.3, -0.25) is 9.59 Å². The van der Waals surface area contributed by atoms with Crippen molar-refractivity contribution in [3.05, 3.63) is 29.5 Å². The Morgan fingerprint density at radius 1 is 1.23 bits per heavy atom. The van der Waals surface area contributed by atoms with Crippen LogP contribution in [-0.2, 0) is 19.6 Å². The van der Waals surface area contributed by atoms with E-state index in [0.29, 0.717) is 42.0 Å². The summed E-state index contributed by atoms with van der Waals surface area (Å²) >= 11 is 0. The zero-order valence-electron chi connectivity index (χ0n) is 17.3. The number of carbonyl (C=O) groups excluding carboxylic acids is 2. The first kappa shape index (κ1) is 22.1. The minimum absolute atomic E-state index is 0.0680. The molecule has 1 aliphatic rings. The Hall–Kier alpha value is -2.56. The summed E-state index contributed by atoms with van der Waals surface area (Å²) in [6.45, 7) is 6.65. The van der Waals surface area contributed by atoms with Crippen molar-refractivity contribution < 1.29 is 22.7 Å². The van der Waals surface area contributed by atoms with Crippen LogP contribution in [0.1, 0.15) is 42.2 Å². The average molecular weight is 435 g/mol. The summed E-state index contributed by atoms with van der Waals surface area (Å²) in [6.07, 6.45) is 0.717. The summed E-state index contributed by atoms with van der Waals surface area (Å²) < 4.78 is 34.7. The van der Waals surface area contributed by atoms with Gasteiger partial charge in [-0.25, -0.2) is 13.1 Å². The highest BCUT2D eigenvalue weighted by atomic mass is 32.2. The SMILES string of the molecule is CCOCCCNS(=O)(=O)c1cc(-c2c(C)nn3c2NC(=O)CCC3=O)ccc1C. The van der Waals surface area contributed by atoms with Crippen LogP contribution in [0.15, 0.2) is 23.1 Å². The van der Waals surface area contributed by atoms with Gasteiger partial charge in [0, 0.05) is 38.2 Å². The van der Waals surface area contributed by atoms with Gasteiger partial charge < -0.3 is 10.1 Å². The molecular weight excluding hydrogens is 408 g/mol. The number of sulfonamides is 1. The van der Waals surface area contributed by atoms with Crippen LogP contribution in [0.3, 0.4) is 0 Å². The molecule has 0 spiro atoms. The fraction of sp³-hybridized carbons (Fsp3) is 0.450. The lowest BCUT2D eigenvalue weighted by Crippen LogP contribution is -2.26. The average Bonchev–Trinajstić information content (AvgIpc) is 2.95. The Balaban J connectivity index is 1.96. The van der Waals surface area contributed by atoms with Gasteiger partial charge in [-0.1, -0.05) is 12.1 Å². The first-order chi connectivity index (χ1) is 14.2. The molecule has 2 heterocycles. The summed E-state index contributed by atoms with van der Waals surface area (Å²) in [5, 5.41) is 7.00. The molecule has 3 rings (SSSR count). The number of aryl methyl sites for hydroxylation is 2. The maximum atomic E-state index is 12.8. The maximum absolute atomic E-state index is 12.8. The fourth-order valence-corrected chi connectivity index (χ4v) is 4.68. The van der Waals surface area contributed by atoms with Gasteiger partial charge in [-0.05, 0) is 44.4 Å². The molecule has 0 atom stereocenters. The highest BCUT2D eigenvalue weighted by Gasteiger charge is 2.27. The van der Waals surface area contributed by atoms with E-state index in [2.05, 4.69) is 15.1 Å². The third-order valence-corrected chi connectivity index (χ3v) is 6.45. The molecule has 1 aliphatic heterocycles. The van der Waals surface area contributed by atoms with Crippen molar-refractivity contribution >= 4 is 27.7 Å². The first-order valence-electron chi connectivity index (χ1n) is 9.85. The summed E-state index contributed by atoms with van der Waals surface area (Å²) in [4.78, 5) is 24.5. The summed E-state index contributed by atoms with van der Waals surface area (Å²) in [5.74, 6) is -0.287. The Kier molecular flexibility index (Phi) is 6.69. The first-order valence-corrected chi connectivity index (χ1v) is 11.3. The molecular formula is C20H26N4O5S. The number of carbonyl (C=O) groups is 2. The predicted octanol–water partition coefficient (Wildman–Crippen LogP) is 2.24. The summed E-state index contributed by atoms with van der Waals surface area (Å²) in [6, 6.07) is 5.01. The number of anilines is 1. The van der Waals surface area contributed by atoms with Gasteiger partial charge in [0.15, 0.2) is 0 Å². The zero-order valence-corrected chi connectivity index (χ0v) is 18.1. The van der Waals surface area contributed by atoms with Crippen LogP contribution < -0.4 is 10.0 Å². The molecule has 0 saturated heterocycles. The van der Waals surface area contributed by atoms with Crippen LogP contribution in [0.2, 0.25) is 0 Å². The molecule has 2 N–H and O–H groups in total. The van der Waals surface area contributed by atoms with Gasteiger partial charge in [0.2, 0.25) is 21.8 Å². The monoisotopic (exact) mass is 434 g/mol. The molecule has 0 aliphatic carbocycles. The van der Waals surface area contributed by atoms with Gasteiger partial charge >= 0.3 is 0 Å². The minimum atomic E-state index is -3.74. The molecule has 9 nitrogen and oxygen atoms in total. The van der Waals surface area contributed by atoms with E-state index in [1.807, 2.05) is 6.92 Å². The van der Waals surface area contributed by atoms with Gasteiger partial charge in [-0.2, -0.15) is 9.78 Å². The Bertz CT molecular complexity index is 1080. The lowest BCUT2D eigenvalue weighted by molar-refractivity contribution is -0.116. The second-order valence-electron chi connectivity index (χ2n) is 7.09. The number of nitrogens with zero attached hydrogens (tertiary/aromatic N) is 2.